The number of aliphatic hydroxyl groups is 1. The van der Waals surface area contributed by atoms with Crippen molar-refractivity contribution in [1.82, 2.24) is 0 Å². The summed E-state index contributed by atoms with van der Waals surface area (Å²) in [5.74, 6) is -0.00168. The number of benzene rings is 1. The van der Waals surface area contributed by atoms with E-state index in [9.17, 15) is 4.79 Å². The number of nitrogens with zero attached hydrogens (tertiary/aromatic N) is 1. The Morgan fingerprint density at radius 3 is 2.95 bits per heavy atom. The highest BCUT2D eigenvalue weighted by Crippen LogP contribution is 2.28. The van der Waals surface area contributed by atoms with Crippen LogP contribution in [0.1, 0.15) is 24.5 Å². The average molecular weight is 263 g/mol. The van der Waals surface area contributed by atoms with Crippen molar-refractivity contribution in [3.05, 3.63) is 29.3 Å². The second-order valence-corrected chi connectivity index (χ2v) is 4.89. The zero-order valence-electron chi connectivity index (χ0n) is 11.6. The minimum atomic E-state index is -0.0768. The lowest BCUT2D eigenvalue weighted by Gasteiger charge is -2.34. The molecule has 0 aliphatic carbocycles. The van der Waals surface area contributed by atoms with Gasteiger partial charge in [0.25, 0.3) is 5.91 Å². The maximum absolute atomic E-state index is 12.1. The molecule has 1 unspecified atom stereocenters. The predicted molar refractivity (Wildman–Crippen MR) is 74.4 cm³/mol. The number of amides is 1. The highest BCUT2D eigenvalue weighted by molar-refractivity contribution is 5.96. The van der Waals surface area contributed by atoms with Crippen LogP contribution in [0.2, 0.25) is 0 Å². The minimum Gasteiger partial charge on any atom is -0.396 e. The number of anilines is 1. The monoisotopic (exact) mass is 263 g/mol. The topological polar surface area (TPSA) is 49.8 Å². The van der Waals surface area contributed by atoms with Crippen LogP contribution in [0.3, 0.4) is 0 Å². The summed E-state index contributed by atoms with van der Waals surface area (Å²) in [6.07, 6.45) is 1.38. The second kappa shape index (κ2) is 6.17. The maximum atomic E-state index is 12.1. The molecule has 0 bridgehead atoms. The molecule has 1 N–H and O–H groups in total. The second-order valence-electron chi connectivity index (χ2n) is 4.89. The van der Waals surface area contributed by atoms with Crippen molar-refractivity contribution in [3.63, 3.8) is 0 Å². The highest BCUT2D eigenvalue weighted by Gasteiger charge is 2.29. The molecular formula is C15H21NO3. The lowest BCUT2D eigenvalue weighted by Crippen LogP contribution is -2.47. The van der Waals surface area contributed by atoms with Gasteiger partial charge in [-0.3, -0.25) is 4.79 Å². The van der Waals surface area contributed by atoms with E-state index in [-0.39, 0.29) is 25.2 Å². The first-order valence-electron chi connectivity index (χ1n) is 6.78. The van der Waals surface area contributed by atoms with E-state index in [1.165, 1.54) is 5.56 Å². The number of para-hydroxylation sites is 1. The molecule has 1 amide bonds. The molecular weight excluding hydrogens is 242 g/mol. The average Bonchev–Trinajstić information content (AvgIpc) is 2.41. The SMILES string of the molecule is CCc1cccc(C)c1N1CC(CCO)OCC1=O. The number of aliphatic hydroxyl groups excluding tert-OH is 1. The third-order valence-electron chi connectivity index (χ3n) is 3.55. The van der Waals surface area contributed by atoms with E-state index in [1.807, 2.05) is 24.0 Å². The molecule has 4 heteroatoms. The fourth-order valence-electron chi connectivity index (χ4n) is 2.55. The molecule has 2 rings (SSSR count). The molecule has 4 nitrogen and oxygen atoms in total. The van der Waals surface area contributed by atoms with Crippen LogP contribution >= 0.6 is 0 Å². The van der Waals surface area contributed by atoms with E-state index in [1.54, 1.807) is 0 Å². The first-order valence-corrected chi connectivity index (χ1v) is 6.78. The molecule has 1 atom stereocenters. The van der Waals surface area contributed by atoms with Crippen molar-refractivity contribution in [3.8, 4) is 0 Å². The quantitative estimate of drug-likeness (QED) is 0.899. The summed E-state index contributed by atoms with van der Waals surface area (Å²) in [6, 6.07) is 6.11. The normalized spacial score (nSPS) is 19.8. The highest BCUT2D eigenvalue weighted by atomic mass is 16.5. The van der Waals surface area contributed by atoms with E-state index in [0.717, 1.165) is 17.7 Å². The summed E-state index contributed by atoms with van der Waals surface area (Å²) in [6.45, 7) is 4.83. The van der Waals surface area contributed by atoms with Crippen molar-refractivity contribution in [2.45, 2.75) is 32.8 Å². The van der Waals surface area contributed by atoms with E-state index >= 15 is 0 Å². The van der Waals surface area contributed by atoms with Gasteiger partial charge in [-0.1, -0.05) is 25.1 Å². The Balaban J connectivity index is 2.30. The van der Waals surface area contributed by atoms with Crippen LogP contribution in [0.15, 0.2) is 18.2 Å². The van der Waals surface area contributed by atoms with Crippen molar-refractivity contribution >= 4 is 11.6 Å². The maximum Gasteiger partial charge on any atom is 0.253 e. The number of rotatable bonds is 4. The van der Waals surface area contributed by atoms with Crippen molar-refractivity contribution in [1.29, 1.82) is 0 Å². The van der Waals surface area contributed by atoms with Gasteiger partial charge >= 0.3 is 0 Å². The lowest BCUT2D eigenvalue weighted by atomic mass is 10.0. The van der Waals surface area contributed by atoms with E-state index in [0.29, 0.717) is 13.0 Å². The molecule has 104 valence electrons. The van der Waals surface area contributed by atoms with Crippen LogP contribution in [0, 0.1) is 6.92 Å². The molecule has 1 aromatic carbocycles. The summed E-state index contributed by atoms with van der Waals surface area (Å²) in [5.41, 5.74) is 3.30. The molecule has 19 heavy (non-hydrogen) atoms. The molecule has 1 aromatic rings. The van der Waals surface area contributed by atoms with Crippen LogP contribution < -0.4 is 4.90 Å². The number of hydrogen-bond donors (Lipinski definition) is 1. The number of carbonyl (C=O) groups is 1. The summed E-state index contributed by atoms with van der Waals surface area (Å²) in [7, 11) is 0. The minimum absolute atomic E-state index is 0.00168. The number of carbonyl (C=O) groups excluding carboxylic acids is 1. The summed E-state index contributed by atoms with van der Waals surface area (Å²) in [5, 5.41) is 9.01. The van der Waals surface area contributed by atoms with Gasteiger partial charge in [-0.05, 0) is 30.9 Å². The van der Waals surface area contributed by atoms with Crippen molar-refractivity contribution < 1.29 is 14.6 Å². The summed E-state index contributed by atoms with van der Waals surface area (Å²) < 4.78 is 5.44. The third-order valence-corrected chi connectivity index (χ3v) is 3.55. The Labute approximate surface area is 114 Å². The van der Waals surface area contributed by atoms with Crippen LogP contribution in [-0.2, 0) is 16.0 Å². The number of morpholine rings is 1. The van der Waals surface area contributed by atoms with Crippen molar-refractivity contribution in [2.75, 3.05) is 24.7 Å². The third kappa shape index (κ3) is 2.96. The smallest absolute Gasteiger partial charge is 0.253 e. The molecule has 1 aliphatic heterocycles. The molecule has 1 aliphatic rings. The van der Waals surface area contributed by atoms with Crippen molar-refractivity contribution in [2.24, 2.45) is 0 Å². The van der Waals surface area contributed by atoms with Gasteiger partial charge in [0.05, 0.1) is 12.6 Å². The Hall–Kier alpha value is -1.39. The van der Waals surface area contributed by atoms with Crippen LogP contribution in [0.25, 0.3) is 0 Å². The Morgan fingerprint density at radius 1 is 1.47 bits per heavy atom. The fraction of sp³-hybridized carbons (Fsp3) is 0.533. The Morgan fingerprint density at radius 2 is 2.26 bits per heavy atom. The Kier molecular flexibility index (Phi) is 4.56. The van der Waals surface area contributed by atoms with E-state index in [2.05, 4.69) is 13.0 Å². The molecule has 0 radical (unpaired) electrons. The molecule has 0 saturated carbocycles. The van der Waals surface area contributed by atoms with Gasteiger partial charge in [0.1, 0.15) is 6.61 Å². The standard InChI is InChI=1S/C15H21NO3/c1-3-12-6-4-5-11(2)15(12)16-9-13(7-8-17)19-10-14(16)18/h4-6,13,17H,3,7-10H2,1-2H3. The van der Waals surface area contributed by atoms with Gasteiger partial charge in [0, 0.05) is 12.3 Å². The first kappa shape index (κ1) is 14.0. The van der Waals surface area contributed by atoms with Gasteiger partial charge in [-0.2, -0.15) is 0 Å². The zero-order valence-corrected chi connectivity index (χ0v) is 11.6. The number of ether oxygens (including phenoxy) is 1. The predicted octanol–water partition coefficient (Wildman–Crippen LogP) is 1.67. The summed E-state index contributed by atoms with van der Waals surface area (Å²) >= 11 is 0. The molecule has 1 saturated heterocycles. The zero-order chi connectivity index (χ0) is 13.8. The summed E-state index contributed by atoms with van der Waals surface area (Å²) in [4.78, 5) is 13.9. The largest absolute Gasteiger partial charge is 0.396 e. The van der Waals surface area contributed by atoms with Crippen LogP contribution in [0.5, 0.6) is 0 Å². The molecule has 0 spiro atoms. The van der Waals surface area contributed by atoms with E-state index < -0.39 is 0 Å². The van der Waals surface area contributed by atoms with Gasteiger partial charge in [-0.15, -0.1) is 0 Å². The van der Waals surface area contributed by atoms with Crippen LogP contribution in [-0.4, -0.2) is 36.9 Å². The van der Waals surface area contributed by atoms with Gasteiger partial charge < -0.3 is 14.7 Å². The number of aryl methyl sites for hydroxylation is 2. The fourth-order valence-corrected chi connectivity index (χ4v) is 2.55. The number of hydrogen-bond acceptors (Lipinski definition) is 3. The van der Waals surface area contributed by atoms with Gasteiger partial charge in [-0.25, -0.2) is 0 Å². The van der Waals surface area contributed by atoms with E-state index in [4.69, 9.17) is 9.84 Å². The van der Waals surface area contributed by atoms with Gasteiger partial charge in [0.15, 0.2) is 0 Å². The first-order chi connectivity index (χ1) is 9.17. The molecule has 1 fully saturated rings. The Bertz CT molecular complexity index is 459. The molecule has 1 heterocycles. The van der Waals surface area contributed by atoms with Gasteiger partial charge in [0.2, 0.25) is 0 Å². The van der Waals surface area contributed by atoms with Crippen LogP contribution in [0.4, 0.5) is 5.69 Å². The molecule has 0 aromatic heterocycles. The lowest BCUT2D eigenvalue weighted by molar-refractivity contribution is -0.129.